The molecule has 0 spiro atoms. The molecule has 0 aliphatic carbocycles. The molecule has 90 valence electrons. The molecule has 0 saturated carbocycles. The zero-order chi connectivity index (χ0) is 10.9. The number of methoxy groups -OCH3 is 1. The van der Waals surface area contributed by atoms with E-state index in [4.69, 9.17) is 4.74 Å². The summed E-state index contributed by atoms with van der Waals surface area (Å²) in [5, 5.41) is 3.36. The first kappa shape index (κ1) is 12.9. The highest BCUT2D eigenvalue weighted by Gasteiger charge is 2.21. The van der Waals surface area contributed by atoms with E-state index < -0.39 is 0 Å². The fourth-order valence-corrected chi connectivity index (χ4v) is 2.14. The van der Waals surface area contributed by atoms with Crippen molar-refractivity contribution in [1.29, 1.82) is 0 Å². The molecule has 15 heavy (non-hydrogen) atoms. The smallest absolute Gasteiger partial charge is 0.102 e. The summed E-state index contributed by atoms with van der Waals surface area (Å²) in [6.45, 7) is 4.02. The highest BCUT2D eigenvalue weighted by atomic mass is 19.1. The van der Waals surface area contributed by atoms with Crippen molar-refractivity contribution in [2.75, 3.05) is 46.6 Å². The lowest BCUT2D eigenvalue weighted by Gasteiger charge is -2.35. The molecule has 0 aromatic carbocycles. The van der Waals surface area contributed by atoms with Crippen LogP contribution in [0.2, 0.25) is 0 Å². The first-order chi connectivity index (χ1) is 7.38. The van der Waals surface area contributed by atoms with Gasteiger partial charge in [-0.25, -0.2) is 4.39 Å². The highest BCUT2D eigenvalue weighted by Crippen LogP contribution is 2.15. The van der Waals surface area contributed by atoms with Gasteiger partial charge >= 0.3 is 0 Å². The third-order valence-electron chi connectivity index (χ3n) is 2.98. The topological polar surface area (TPSA) is 24.5 Å². The van der Waals surface area contributed by atoms with Gasteiger partial charge in [0, 0.05) is 32.8 Å². The van der Waals surface area contributed by atoms with Crippen LogP contribution in [0.25, 0.3) is 0 Å². The number of nitrogens with one attached hydrogen (secondary N) is 1. The Kier molecular flexibility index (Phi) is 6.88. The Morgan fingerprint density at radius 3 is 3.07 bits per heavy atom. The number of likely N-dealkylation sites (tertiary alicyclic amines) is 1. The molecule has 0 radical (unpaired) electrons. The van der Waals surface area contributed by atoms with Gasteiger partial charge in [-0.1, -0.05) is 6.42 Å². The number of rotatable bonds is 7. The van der Waals surface area contributed by atoms with Crippen molar-refractivity contribution in [3.8, 4) is 0 Å². The molecule has 1 unspecified atom stereocenters. The van der Waals surface area contributed by atoms with Crippen LogP contribution in [0.15, 0.2) is 0 Å². The fraction of sp³-hybridized carbons (Fsp3) is 1.00. The van der Waals surface area contributed by atoms with Gasteiger partial charge in [0.15, 0.2) is 0 Å². The first-order valence-corrected chi connectivity index (χ1v) is 5.88. The van der Waals surface area contributed by atoms with Crippen LogP contribution in [0.4, 0.5) is 4.39 Å². The zero-order valence-corrected chi connectivity index (χ0v) is 9.67. The summed E-state index contributed by atoms with van der Waals surface area (Å²) in [6.07, 6.45) is 3.69. The minimum atomic E-state index is -0.228. The normalized spacial score (nSPS) is 23.2. The van der Waals surface area contributed by atoms with Crippen LogP contribution in [0.1, 0.15) is 19.3 Å². The predicted octanol–water partition coefficient (Wildman–Crippen LogP) is 1.05. The molecule has 0 bridgehead atoms. The van der Waals surface area contributed by atoms with E-state index in [-0.39, 0.29) is 6.67 Å². The van der Waals surface area contributed by atoms with Gasteiger partial charge in [-0.3, -0.25) is 4.90 Å². The third-order valence-corrected chi connectivity index (χ3v) is 2.98. The molecule has 4 heteroatoms. The number of alkyl halides is 1. The minimum Gasteiger partial charge on any atom is -0.383 e. The largest absolute Gasteiger partial charge is 0.383 e. The Hall–Kier alpha value is -0.190. The van der Waals surface area contributed by atoms with Crippen molar-refractivity contribution in [2.45, 2.75) is 25.3 Å². The molecule has 1 heterocycles. The predicted molar refractivity (Wildman–Crippen MR) is 59.9 cm³/mol. The molecule has 3 nitrogen and oxygen atoms in total. The summed E-state index contributed by atoms with van der Waals surface area (Å²) in [5.41, 5.74) is 0. The van der Waals surface area contributed by atoms with Crippen LogP contribution in [-0.4, -0.2) is 57.5 Å². The maximum Gasteiger partial charge on any atom is 0.102 e. The van der Waals surface area contributed by atoms with Crippen LogP contribution in [-0.2, 0) is 4.74 Å². The molecule has 1 aliphatic rings. The average Bonchev–Trinajstić information content (AvgIpc) is 2.27. The van der Waals surface area contributed by atoms with Crippen LogP contribution < -0.4 is 5.32 Å². The molecule has 1 fully saturated rings. The second kappa shape index (κ2) is 8.02. The van der Waals surface area contributed by atoms with Crippen molar-refractivity contribution < 1.29 is 9.13 Å². The number of hydrogen-bond donors (Lipinski definition) is 1. The van der Waals surface area contributed by atoms with E-state index in [0.717, 1.165) is 26.2 Å². The third kappa shape index (κ3) is 4.91. The van der Waals surface area contributed by atoms with E-state index >= 15 is 0 Å². The quantitative estimate of drug-likeness (QED) is 0.646. The van der Waals surface area contributed by atoms with Crippen LogP contribution >= 0.6 is 0 Å². The summed E-state index contributed by atoms with van der Waals surface area (Å²) in [6, 6.07) is 0.520. The Bertz CT molecular complexity index is 156. The Morgan fingerprint density at radius 2 is 2.33 bits per heavy atom. The Labute approximate surface area is 92.0 Å². The van der Waals surface area contributed by atoms with Crippen molar-refractivity contribution in [1.82, 2.24) is 10.2 Å². The van der Waals surface area contributed by atoms with Gasteiger partial charge in [0.25, 0.3) is 0 Å². The minimum absolute atomic E-state index is 0.228. The second-order valence-corrected chi connectivity index (χ2v) is 4.07. The summed E-state index contributed by atoms with van der Waals surface area (Å²) < 4.78 is 17.3. The van der Waals surface area contributed by atoms with E-state index in [0.29, 0.717) is 12.6 Å². The van der Waals surface area contributed by atoms with Gasteiger partial charge in [0.05, 0.1) is 6.61 Å². The van der Waals surface area contributed by atoms with Gasteiger partial charge in [0.1, 0.15) is 6.67 Å². The van der Waals surface area contributed by atoms with Gasteiger partial charge in [0.2, 0.25) is 0 Å². The first-order valence-electron chi connectivity index (χ1n) is 5.88. The number of nitrogens with zero attached hydrogens (tertiary/aromatic N) is 1. The Morgan fingerprint density at radius 1 is 1.47 bits per heavy atom. The van der Waals surface area contributed by atoms with Crippen LogP contribution in [0, 0.1) is 0 Å². The average molecular weight is 218 g/mol. The SMILES string of the molecule is COCCNCC1CCCCN1CCF. The van der Waals surface area contributed by atoms with E-state index in [1.165, 1.54) is 19.3 Å². The van der Waals surface area contributed by atoms with Gasteiger partial charge < -0.3 is 10.1 Å². The molecule has 1 atom stereocenters. The molecular formula is C11H23FN2O. The van der Waals surface area contributed by atoms with Gasteiger partial charge in [-0.15, -0.1) is 0 Å². The zero-order valence-electron chi connectivity index (χ0n) is 9.67. The second-order valence-electron chi connectivity index (χ2n) is 4.07. The van der Waals surface area contributed by atoms with Crippen molar-refractivity contribution in [3.05, 3.63) is 0 Å². The lowest BCUT2D eigenvalue weighted by Crippen LogP contribution is -2.46. The summed E-state index contributed by atoms with van der Waals surface area (Å²) in [4.78, 5) is 2.27. The van der Waals surface area contributed by atoms with E-state index in [1.807, 2.05) is 0 Å². The number of piperidine rings is 1. The van der Waals surface area contributed by atoms with E-state index in [9.17, 15) is 4.39 Å². The van der Waals surface area contributed by atoms with Crippen molar-refractivity contribution in [3.63, 3.8) is 0 Å². The summed E-state index contributed by atoms with van der Waals surface area (Å²) in [7, 11) is 1.71. The molecule has 0 amide bonds. The highest BCUT2D eigenvalue weighted by molar-refractivity contribution is 4.78. The fourth-order valence-electron chi connectivity index (χ4n) is 2.14. The molecule has 1 rings (SSSR count). The Balaban J connectivity index is 2.17. The molecule has 1 N–H and O–H groups in total. The number of halogens is 1. The molecule has 0 aromatic rings. The molecular weight excluding hydrogens is 195 g/mol. The van der Waals surface area contributed by atoms with Crippen LogP contribution in [0.5, 0.6) is 0 Å². The van der Waals surface area contributed by atoms with E-state index in [1.54, 1.807) is 7.11 Å². The summed E-state index contributed by atoms with van der Waals surface area (Å²) in [5.74, 6) is 0. The standard InChI is InChI=1S/C11H23FN2O/c1-15-9-6-13-10-11-4-2-3-7-14(11)8-5-12/h11,13H,2-10H2,1H3. The van der Waals surface area contributed by atoms with E-state index in [2.05, 4.69) is 10.2 Å². The van der Waals surface area contributed by atoms with Crippen LogP contribution in [0.3, 0.4) is 0 Å². The lowest BCUT2D eigenvalue weighted by atomic mass is 10.0. The van der Waals surface area contributed by atoms with Gasteiger partial charge in [-0.2, -0.15) is 0 Å². The van der Waals surface area contributed by atoms with Gasteiger partial charge in [-0.05, 0) is 19.4 Å². The number of ether oxygens (including phenoxy) is 1. The maximum atomic E-state index is 12.3. The number of hydrogen-bond acceptors (Lipinski definition) is 3. The monoisotopic (exact) mass is 218 g/mol. The lowest BCUT2D eigenvalue weighted by molar-refractivity contribution is 0.131. The molecule has 1 aliphatic heterocycles. The maximum absolute atomic E-state index is 12.3. The molecule has 1 saturated heterocycles. The summed E-state index contributed by atoms with van der Waals surface area (Å²) >= 11 is 0. The molecule has 0 aromatic heterocycles. The van der Waals surface area contributed by atoms with Crippen molar-refractivity contribution in [2.24, 2.45) is 0 Å². The van der Waals surface area contributed by atoms with Crippen molar-refractivity contribution >= 4 is 0 Å².